The standard InChI is InChI=1S/C14H25N3O2/c1-7-19-13(18)14(6,16-10(2)3)8-17-9-15-11(4)12(17)5/h9-10,16H,7-8H2,1-6H3. The highest BCUT2D eigenvalue weighted by Crippen LogP contribution is 2.15. The zero-order valence-corrected chi connectivity index (χ0v) is 12.8. The number of hydrogen-bond acceptors (Lipinski definition) is 4. The van der Waals surface area contributed by atoms with E-state index in [1.807, 2.05) is 46.1 Å². The molecule has 0 saturated carbocycles. The van der Waals surface area contributed by atoms with E-state index in [1.54, 1.807) is 6.33 Å². The third kappa shape index (κ3) is 3.80. The van der Waals surface area contributed by atoms with Crippen molar-refractivity contribution >= 4 is 5.97 Å². The van der Waals surface area contributed by atoms with Gasteiger partial charge in [0.05, 0.1) is 25.2 Å². The molecule has 0 aromatic carbocycles. The highest BCUT2D eigenvalue weighted by molar-refractivity contribution is 5.80. The summed E-state index contributed by atoms with van der Waals surface area (Å²) < 4.78 is 7.18. The molecule has 0 radical (unpaired) electrons. The molecule has 0 fully saturated rings. The van der Waals surface area contributed by atoms with Crippen molar-refractivity contribution in [2.75, 3.05) is 6.61 Å². The Bertz CT molecular complexity index is 440. The second-order valence-corrected chi connectivity index (χ2v) is 5.39. The average Bonchev–Trinajstić information content (AvgIpc) is 2.60. The van der Waals surface area contributed by atoms with Gasteiger partial charge in [0.15, 0.2) is 0 Å². The summed E-state index contributed by atoms with van der Waals surface area (Å²) in [5.74, 6) is -0.227. The molecule has 1 atom stereocenters. The molecule has 1 unspecified atom stereocenters. The zero-order chi connectivity index (χ0) is 14.6. The Balaban J connectivity index is 2.97. The van der Waals surface area contributed by atoms with Crippen molar-refractivity contribution < 1.29 is 9.53 Å². The molecule has 0 aliphatic heterocycles. The second-order valence-electron chi connectivity index (χ2n) is 5.39. The van der Waals surface area contributed by atoms with Crippen molar-refractivity contribution in [2.24, 2.45) is 0 Å². The summed E-state index contributed by atoms with van der Waals surface area (Å²) in [7, 11) is 0. The van der Waals surface area contributed by atoms with E-state index in [0.29, 0.717) is 13.2 Å². The van der Waals surface area contributed by atoms with Gasteiger partial charge in [0.2, 0.25) is 0 Å². The van der Waals surface area contributed by atoms with Crippen LogP contribution in [0.15, 0.2) is 6.33 Å². The number of ether oxygens (including phenoxy) is 1. The molecule has 0 amide bonds. The summed E-state index contributed by atoms with van der Waals surface area (Å²) in [4.78, 5) is 16.5. The van der Waals surface area contributed by atoms with E-state index in [9.17, 15) is 4.79 Å². The molecule has 0 spiro atoms. The highest BCUT2D eigenvalue weighted by Gasteiger charge is 2.36. The predicted molar refractivity (Wildman–Crippen MR) is 75.0 cm³/mol. The van der Waals surface area contributed by atoms with Crippen LogP contribution in [-0.4, -0.2) is 33.7 Å². The van der Waals surface area contributed by atoms with E-state index in [0.717, 1.165) is 11.4 Å². The van der Waals surface area contributed by atoms with Gasteiger partial charge < -0.3 is 9.30 Å². The Morgan fingerprint density at radius 3 is 2.58 bits per heavy atom. The molecule has 5 heteroatoms. The van der Waals surface area contributed by atoms with Gasteiger partial charge in [-0.05, 0) is 41.5 Å². The Hall–Kier alpha value is -1.36. The molecule has 108 valence electrons. The molecule has 0 bridgehead atoms. The number of esters is 1. The number of imidazole rings is 1. The summed E-state index contributed by atoms with van der Waals surface area (Å²) >= 11 is 0. The lowest BCUT2D eigenvalue weighted by Crippen LogP contribution is -2.56. The molecular formula is C14H25N3O2. The minimum atomic E-state index is -0.748. The summed E-state index contributed by atoms with van der Waals surface area (Å²) in [6.07, 6.45) is 1.77. The highest BCUT2D eigenvalue weighted by atomic mass is 16.5. The van der Waals surface area contributed by atoms with Gasteiger partial charge >= 0.3 is 5.97 Å². The maximum absolute atomic E-state index is 12.2. The smallest absolute Gasteiger partial charge is 0.327 e. The van der Waals surface area contributed by atoms with Gasteiger partial charge in [-0.25, -0.2) is 9.78 Å². The lowest BCUT2D eigenvalue weighted by Gasteiger charge is -2.31. The molecule has 1 aromatic rings. The summed E-state index contributed by atoms with van der Waals surface area (Å²) in [5.41, 5.74) is 1.30. The normalized spacial score (nSPS) is 14.5. The fourth-order valence-electron chi connectivity index (χ4n) is 2.14. The Kier molecular flexibility index (Phi) is 5.11. The molecule has 0 aliphatic rings. The average molecular weight is 267 g/mol. The quantitative estimate of drug-likeness (QED) is 0.799. The number of nitrogens with zero attached hydrogens (tertiary/aromatic N) is 2. The molecular weight excluding hydrogens is 242 g/mol. The van der Waals surface area contributed by atoms with E-state index < -0.39 is 5.54 Å². The minimum Gasteiger partial charge on any atom is -0.465 e. The van der Waals surface area contributed by atoms with Crippen molar-refractivity contribution in [1.29, 1.82) is 0 Å². The van der Waals surface area contributed by atoms with Crippen LogP contribution in [0.1, 0.15) is 39.1 Å². The topological polar surface area (TPSA) is 56.2 Å². The fourth-order valence-corrected chi connectivity index (χ4v) is 2.14. The van der Waals surface area contributed by atoms with Gasteiger partial charge in [-0.2, -0.15) is 0 Å². The Morgan fingerprint density at radius 1 is 1.53 bits per heavy atom. The number of aromatic nitrogens is 2. The summed E-state index contributed by atoms with van der Waals surface area (Å²) in [5, 5.41) is 3.30. The van der Waals surface area contributed by atoms with Crippen molar-refractivity contribution in [2.45, 2.75) is 59.7 Å². The first kappa shape index (κ1) is 15.7. The first-order valence-electron chi connectivity index (χ1n) is 6.73. The summed E-state index contributed by atoms with van der Waals surface area (Å²) in [6, 6.07) is 0.194. The minimum absolute atomic E-state index is 0.194. The third-order valence-electron chi connectivity index (χ3n) is 3.16. The molecule has 0 saturated heterocycles. The van der Waals surface area contributed by atoms with Crippen LogP contribution in [0.3, 0.4) is 0 Å². The molecule has 1 heterocycles. The van der Waals surface area contributed by atoms with Crippen LogP contribution in [0.25, 0.3) is 0 Å². The van der Waals surface area contributed by atoms with Crippen LogP contribution in [0, 0.1) is 13.8 Å². The zero-order valence-electron chi connectivity index (χ0n) is 12.8. The first-order valence-corrected chi connectivity index (χ1v) is 6.73. The molecule has 1 rings (SSSR count). The van der Waals surface area contributed by atoms with Crippen LogP contribution in [0.2, 0.25) is 0 Å². The van der Waals surface area contributed by atoms with Gasteiger partial charge in [0, 0.05) is 11.7 Å². The lowest BCUT2D eigenvalue weighted by atomic mass is 10.0. The number of carbonyl (C=O) groups is 1. The van der Waals surface area contributed by atoms with Crippen molar-refractivity contribution in [3.63, 3.8) is 0 Å². The maximum Gasteiger partial charge on any atom is 0.327 e. The first-order chi connectivity index (χ1) is 8.80. The monoisotopic (exact) mass is 267 g/mol. The van der Waals surface area contributed by atoms with E-state index in [1.165, 1.54) is 0 Å². The van der Waals surface area contributed by atoms with Crippen molar-refractivity contribution in [1.82, 2.24) is 14.9 Å². The van der Waals surface area contributed by atoms with E-state index in [2.05, 4.69) is 10.3 Å². The number of nitrogens with one attached hydrogen (secondary N) is 1. The van der Waals surface area contributed by atoms with Crippen molar-refractivity contribution in [3.05, 3.63) is 17.7 Å². The lowest BCUT2D eigenvalue weighted by molar-refractivity contribution is -0.151. The SMILES string of the molecule is CCOC(=O)C(C)(Cn1cnc(C)c1C)NC(C)C. The number of hydrogen-bond donors (Lipinski definition) is 1. The van der Waals surface area contributed by atoms with Crippen LogP contribution >= 0.6 is 0 Å². The second kappa shape index (κ2) is 6.19. The number of carbonyl (C=O) groups excluding carboxylic acids is 1. The van der Waals surface area contributed by atoms with Crippen LogP contribution < -0.4 is 5.32 Å². The Morgan fingerprint density at radius 2 is 2.16 bits per heavy atom. The van der Waals surface area contributed by atoms with Gasteiger partial charge in [0.1, 0.15) is 5.54 Å². The maximum atomic E-state index is 12.2. The van der Waals surface area contributed by atoms with Gasteiger partial charge in [0.25, 0.3) is 0 Å². The molecule has 0 aliphatic carbocycles. The summed E-state index contributed by atoms with van der Waals surface area (Å²) in [6.45, 7) is 12.6. The molecule has 1 N–H and O–H groups in total. The third-order valence-corrected chi connectivity index (χ3v) is 3.16. The fraction of sp³-hybridized carbons (Fsp3) is 0.714. The van der Waals surface area contributed by atoms with Crippen molar-refractivity contribution in [3.8, 4) is 0 Å². The molecule has 1 aromatic heterocycles. The van der Waals surface area contributed by atoms with E-state index in [4.69, 9.17) is 4.74 Å². The Labute approximate surface area is 115 Å². The van der Waals surface area contributed by atoms with Crippen LogP contribution in [0.4, 0.5) is 0 Å². The van der Waals surface area contributed by atoms with Gasteiger partial charge in [-0.3, -0.25) is 5.32 Å². The largest absolute Gasteiger partial charge is 0.465 e. The number of aryl methyl sites for hydroxylation is 1. The molecule has 19 heavy (non-hydrogen) atoms. The predicted octanol–water partition coefficient (Wildman–Crippen LogP) is 1.82. The van der Waals surface area contributed by atoms with E-state index in [-0.39, 0.29) is 12.0 Å². The van der Waals surface area contributed by atoms with Crippen LogP contribution in [0.5, 0.6) is 0 Å². The van der Waals surface area contributed by atoms with Gasteiger partial charge in [-0.15, -0.1) is 0 Å². The number of rotatable bonds is 6. The van der Waals surface area contributed by atoms with Crippen LogP contribution in [-0.2, 0) is 16.1 Å². The van der Waals surface area contributed by atoms with Gasteiger partial charge in [-0.1, -0.05) is 0 Å². The van der Waals surface area contributed by atoms with E-state index >= 15 is 0 Å². The molecule has 5 nitrogen and oxygen atoms in total.